The first kappa shape index (κ1) is 17.2. The summed E-state index contributed by atoms with van der Waals surface area (Å²) >= 11 is 3.38. The van der Waals surface area contributed by atoms with Crippen LogP contribution in [0.5, 0.6) is 5.88 Å². The Bertz CT molecular complexity index is 651. The summed E-state index contributed by atoms with van der Waals surface area (Å²) < 4.78 is 12.3. The Labute approximate surface area is 150 Å². The number of hydrogen-bond acceptors (Lipinski definition) is 6. The molecule has 1 aliphatic heterocycles. The summed E-state index contributed by atoms with van der Waals surface area (Å²) in [6.07, 6.45) is 3.97. The Morgan fingerprint density at radius 2 is 2.00 bits per heavy atom. The van der Waals surface area contributed by atoms with E-state index in [1.165, 1.54) is 0 Å². The van der Waals surface area contributed by atoms with E-state index < -0.39 is 0 Å². The van der Waals surface area contributed by atoms with Gasteiger partial charge in [-0.1, -0.05) is 19.0 Å². The van der Waals surface area contributed by atoms with Crippen molar-refractivity contribution in [3.8, 4) is 5.88 Å². The van der Waals surface area contributed by atoms with Crippen molar-refractivity contribution in [2.45, 2.75) is 45.6 Å². The van der Waals surface area contributed by atoms with Crippen LogP contribution in [-0.2, 0) is 0 Å². The van der Waals surface area contributed by atoms with Crippen LogP contribution in [0.1, 0.15) is 45.4 Å². The molecule has 1 fully saturated rings. The third kappa shape index (κ3) is 4.06. The number of nitrogens with zero attached hydrogens (tertiary/aromatic N) is 4. The second-order valence-corrected chi connectivity index (χ2v) is 7.47. The first-order valence-corrected chi connectivity index (χ1v) is 9.19. The van der Waals surface area contributed by atoms with Crippen molar-refractivity contribution in [3.05, 3.63) is 28.6 Å². The van der Waals surface area contributed by atoms with Gasteiger partial charge in [0.05, 0.1) is 0 Å². The zero-order valence-electron chi connectivity index (χ0n) is 14.3. The summed E-state index contributed by atoms with van der Waals surface area (Å²) in [6, 6.07) is 4.47. The second kappa shape index (κ2) is 7.51. The molecule has 0 aromatic carbocycles. The third-order valence-corrected chi connectivity index (χ3v) is 4.90. The third-order valence-electron chi connectivity index (χ3n) is 4.43. The Morgan fingerprint density at radius 3 is 2.58 bits per heavy atom. The van der Waals surface area contributed by atoms with Crippen LogP contribution in [0, 0.1) is 5.92 Å². The molecule has 2 aromatic rings. The van der Waals surface area contributed by atoms with Crippen LogP contribution in [0.3, 0.4) is 0 Å². The van der Waals surface area contributed by atoms with E-state index in [9.17, 15) is 0 Å². The zero-order chi connectivity index (χ0) is 17.1. The van der Waals surface area contributed by atoms with Gasteiger partial charge in [-0.3, -0.25) is 0 Å². The molecule has 1 atom stereocenters. The molecular weight excluding hydrogens is 372 g/mol. The van der Waals surface area contributed by atoms with Gasteiger partial charge in [0.25, 0.3) is 0 Å². The molecule has 3 heterocycles. The molecule has 7 heteroatoms. The number of aromatic nitrogens is 3. The molecular formula is C17H23BrN4O2. The van der Waals surface area contributed by atoms with Crippen molar-refractivity contribution in [1.82, 2.24) is 15.1 Å². The predicted octanol–water partition coefficient (Wildman–Crippen LogP) is 4.03. The number of rotatable bonds is 5. The van der Waals surface area contributed by atoms with Crippen molar-refractivity contribution in [2.75, 3.05) is 18.0 Å². The summed E-state index contributed by atoms with van der Waals surface area (Å²) in [5, 5.41) is 4.04. The van der Waals surface area contributed by atoms with Gasteiger partial charge in [-0.2, -0.15) is 4.98 Å². The lowest BCUT2D eigenvalue weighted by atomic mass is 9.92. The average Bonchev–Trinajstić information content (AvgIpc) is 3.07. The predicted molar refractivity (Wildman–Crippen MR) is 95.4 cm³/mol. The molecule has 130 valence electrons. The smallest absolute Gasteiger partial charge is 0.324 e. The highest BCUT2D eigenvalue weighted by molar-refractivity contribution is 9.10. The standard InChI is InChI=1S/C17H23BrN4O2/c1-11(2)16-20-17(24-21-16)22-8-6-13(7-9-22)12(3)23-15-5-4-14(18)10-19-15/h4-5,10-13H,6-9H2,1-3H3/t12-/m0/s1. The molecule has 0 N–H and O–H groups in total. The van der Waals surface area contributed by atoms with E-state index >= 15 is 0 Å². The summed E-state index contributed by atoms with van der Waals surface area (Å²) in [5.74, 6) is 2.22. The van der Waals surface area contributed by atoms with Gasteiger partial charge in [-0.15, -0.1) is 0 Å². The van der Waals surface area contributed by atoms with Gasteiger partial charge in [-0.25, -0.2) is 4.98 Å². The van der Waals surface area contributed by atoms with E-state index in [2.05, 4.69) is 56.7 Å². The SMILES string of the molecule is CC(C)c1noc(N2CCC([C@H](C)Oc3ccc(Br)cn3)CC2)n1. The zero-order valence-corrected chi connectivity index (χ0v) is 15.9. The Hall–Kier alpha value is -1.63. The molecule has 0 spiro atoms. The minimum atomic E-state index is 0.134. The van der Waals surface area contributed by atoms with Crippen molar-refractivity contribution >= 4 is 21.9 Å². The van der Waals surface area contributed by atoms with Gasteiger partial charge in [0, 0.05) is 35.7 Å². The van der Waals surface area contributed by atoms with Crippen LogP contribution in [0.15, 0.2) is 27.3 Å². The van der Waals surface area contributed by atoms with Crippen LogP contribution in [0.25, 0.3) is 0 Å². The minimum Gasteiger partial charge on any atom is -0.474 e. The fourth-order valence-corrected chi connectivity index (χ4v) is 3.10. The van der Waals surface area contributed by atoms with E-state index in [4.69, 9.17) is 9.26 Å². The van der Waals surface area contributed by atoms with Crippen molar-refractivity contribution in [2.24, 2.45) is 5.92 Å². The largest absolute Gasteiger partial charge is 0.474 e. The maximum atomic E-state index is 5.98. The van der Waals surface area contributed by atoms with Gasteiger partial charge in [-0.05, 0) is 47.7 Å². The maximum absolute atomic E-state index is 5.98. The molecule has 0 saturated carbocycles. The van der Waals surface area contributed by atoms with Gasteiger partial charge < -0.3 is 14.2 Å². The lowest BCUT2D eigenvalue weighted by Gasteiger charge is -2.33. The van der Waals surface area contributed by atoms with E-state index in [0.717, 1.165) is 36.2 Å². The summed E-state index contributed by atoms with van der Waals surface area (Å²) in [5.41, 5.74) is 0. The van der Waals surface area contributed by atoms with Crippen molar-refractivity contribution in [1.29, 1.82) is 0 Å². The second-order valence-electron chi connectivity index (χ2n) is 6.55. The Balaban J connectivity index is 1.53. The van der Waals surface area contributed by atoms with E-state index in [0.29, 0.717) is 17.8 Å². The van der Waals surface area contributed by atoms with Crippen molar-refractivity contribution in [3.63, 3.8) is 0 Å². The molecule has 0 bridgehead atoms. The van der Waals surface area contributed by atoms with Gasteiger partial charge in [0.2, 0.25) is 5.88 Å². The van der Waals surface area contributed by atoms with Crippen LogP contribution in [-0.4, -0.2) is 34.3 Å². The topological polar surface area (TPSA) is 64.3 Å². The molecule has 1 aliphatic rings. The quantitative estimate of drug-likeness (QED) is 0.762. The van der Waals surface area contributed by atoms with Crippen LogP contribution >= 0.6 is 15.9 Å². The first-order chi connectivity index (χ1) is 11.5. The molecule has 0 aliphatic carbocycles. The maximum Gasteiger partial charge on any atom is 0.324 e. The minimum absolute atomic E-state index is 0.134. The summed E-state index contributed by atoms with van der Waals surface area (Å²) in [4.78, 5) is 10.9. The highest BCUT2D eigenvalue weighted by Gasteiger charge is 2.28. The number of hydrogen-bond donors (Lipinski definition) is 0. The molecule has 0 radical (unpaired) electrons. The Kier molecular flexibility index (Phi) is 5.38. The summed E-state index contributed by atoms with van der Waals surface area (Å²) in [6.45, 7) is 8.07. The number of pyridine rings is 1. The van der Waals surface area contributed by atoms with Crippen LogP contribution < -0.4 is 9.64 Å². The van der Waals surface area contributed by atoms with Crippen LogP contribution in [0.2, 0.25) is 0 Å². The lowest BCUT2D eigenvalue weighted by molar-refractivity contribution is 0.126. The van der Waals surface area contributed by atoms with E-state index in [1.807, 2.05) is 12.1 Å². The normalized spacial score (nSPS) is 17.3. The molecule has 2 aromatic heterocycles. The lowest BCUT2D eigenvalue weighted by Crippen LogP contribution is -2.39. The first-order valence-electron chi connectivity index (χ1n) is 8.39. The molecule has 24 heavy (non-hydrogen) atoms. The van der Waals surface area contributed by atoms with Gasteiger partial charge in [0.15, 0.2) is 5.82 Å². The molecule has 0 unspecified atom stereocenters. The number of ether oxygens (including phenoxy) is 1. The van der Waals surface area contributed by atoms with Gasteiger partial charge in [0.1, 0.15) is 6.10 Å². The fraction of sp³-hybridized carbons (Fsp3) is 0.588. The molecule has 0 amide bonds. The van der Waals surface area contributed by atoms with Crippen LogP contribution in [0.4, 0.5) is 6.01 Å². The highest BCUT2D eigenvalue weighted by atomic mass is 79.9. The average molecular weight is 395 g/mol. The fourth-order valence-electron chi connectivity index (χ4n) is 2.87. The molecule has 3 rings (SSSR count). The Morgan fingerprint density at radius 1 is 1.25 bits per heavy atom. The number of halogens is 1. The van der Waals surface area contributed by atoms with E-state index in [-0.39, 0.29) is 12.0 Å². The highest BCUT2D eigenvalue weighted by Crippen LogP contribution is 2.27. The number of piperidine rings is 1. The van der Waals surface area contributed by atoms with Crippen molar-refractivity contribution < 1.29 is 9.26 Å². The molecule has 1 saturated heterocycles. The number of anilines is 1. The van der Waals surface area contributed by atoms with E-state index in [1.54, 1.807) is 6.20 Å². The monoisotopic (exact) mass is 394 g/mol. The summed E-state index contributed by atoms with van der Waals surface area (Å²) in [7, 11) is 0. The molecule has 6 nitrogen and oxygen atoms in total. The van der Waals surface area contributed by atoms with Gasteiger partial charge >= 0.3 is 6.01 Å².